The predicted molar refractivity (Wildman–Crippen MR) is 87.3 cm³/mol. The van der Waals surface area contributed by atoms with Crippen molar-refractivity contribution in [3.63, 3.8) is 0 Å². The van der Waals surface area contributed by atoms with E-state index >= 15 is 0 Å². The fourth-order valence-corrected chi connectivity index (χ4v) is 3.50. The molecule has 1 aliphatic rings. The molecule has 1 aromatic rings. The number of fused-ring (bicyclic) bond motifs is 1. The fraction of sp³-hybridized carbons (Fsp3) is 0.400. The topological polar surface area (TPSA) is 116 Å². The first-order valence-electron chi connectivity index (χ1n) is 7.43. The van der Waals surface area contributed by atoms with Crippen LogP contribution in [0.1, 0.15) is 24.8 Å². The molecule has 0 radical (unpaired) electrons. The van der Waals surface area contributed by atoms with Crippen LogP contribution in [-0.2, 0) is 19.6 Å². The number of carboxylic acids is 1. The van der Waals surface area contributed by atoms with Crippen molar-refractivity contribution in [2.45, 2.75) is 24.2 Å². The van der Waals surface area contributed by atoms with Gasteiger partial charge in [0.15, 0.2) is 0 Å². The second-order valence-electron chi connectivity index (χ2n) is 5.39. The summed E-state index contributed by atoms with van der Waals surface area (Å²) in [5.41, 5.74) is 0.530. The molecular formula is C15H19N3O5S. The molecule has 0 unspecified atom stereocenters. The summed E-state index contributed by atoms with van der Waals surface area (Å²) in [7, 11) is -1.99. The summed E-state index contributed by atoms with van der Waals surface area (Å²) in [4.78, 5) is 28.1. The lowest BCUT2D eigenvalue weighted by atomic mass is 10.2. The first kappa shape index (κ1) is 17.9. The van der Waals surface area contributed by atoms with Crippen LogP contribution in [0, 0.1) is 0 Å². The molecule has 0 saturated heterocycles. The molecule has 0 bridgehead atoms. The number of amides is 1. The number of aliphatic carboxylic acids is 1. The van der Waals surface area contributed by atoms with Crippen molar-refractivity contribution in [1.29, 1.82) is 0 Å². The lowest BCUT2D eigenvalue weighted by Gasteiger charge is -2.15. The zero-order chi connectivity index (χ0) is 17.7. The summed E-state index contributed by atoms with van der Waals surface area (Å²) < 4.78 is 26.2. The summed E-state index contributed by atoms with van der Waals surface area (Å²) in [5.74, 6) is -0.825. The number of aliphatic imine (C=N–C) groups is 1. The zero-order valence-electron chi connectivity index (χ0n) is 13.2. The van der Waals surface area contributed by atoms with E-state index in [9.17, 15) is 18.0 Å². The molecule has 0 spiro atoms. The van der Waals surface area contributed by atoms with Crippen LogP contribution in [0.3, 0.4) is 0 Å². The Kier molecular flexibility index (Phi) is 5.55. The molecule has 0 aromatic heterocycles. The Hall–Kier alpha value is -2.42. The molecule has 1 aliphatic heterocycles. The molecule has 1 heterocycles. The molecule has 2 N–H and O–H groups in total. The first-order valence-corrected chi connectivity index (χ1v) is 8.92. The number of carbonyl (C=O) groups excluding carboxylic acids is 1. The van der Waals surface area contributed by atoms with Crippen molar-refractivity contribution in [2.75, 3.05) is 20.1 Å². The third kappa shape index (κ3) is 4.31. The van der Waals surface area contributed by atoms with Crippen molar-refractivity contribution in [1.82, 2.24) is 9.62 Å². The molecule has 9 heteroatoms. The highest BCUT2D eigenvalue weighted by molar-refractivity contribution is 7.90. The minimum absolute atomic E-state index is 0.0941. The number of carbonyl (C=O) groups is 2. The molecule has 2 rings (SSSR count). The van der Waals surface area contributed by atoms with E-state index in [1.165, 1.54) is 11.0 Å². The number of nitrogens with zero attached hydrogens (tertiary/aromatic N) is 2. The van der Waals surface area contributed by atoms with Crippen LogP contribution in [0.5, 0.6) is 0 Å². The van der Waals surface area contributed by atoms with Crippen molar-refractivity contribution in [3.8, 4) is 0 Å². The maximum absolute atomic E-state index is 11.9. The molecule has 0 atom stereocenters. The summed E-state index contributed by atoms with van der Waals surface area (Å²) in [5, 5.41) is 8.59. The van der Waals surface area contributed by atoms with Gasteiger partial charge in [-0.25, -0.2) is 8.42 Å². The van der Waals surface area contributed by atoms with Gasteiger partial charge < -0.3 is 10.0 Å². The summed E-state index contributed by atoms with van der Waals surface area (Å²) in [6.07, 6.45) is 0.577. The summed E-state index contributed by atoms with van der Waals surface area (Å²) in [6.45, 7) is 0.459. The van der Waals surface area contributed by atoms with Gasteiger partial charge in [0.1, 0.15) is 5.84 Å². The Morgan fingerprint density at radius 2 is 1.96 bits per heavy atom. The quantitative estimate of drug-likeness (QED) is 0.690. The number of hydrogen-bond acceptors (Lipinski definition) is 5. The molecule has 130 valence electrons. The Bertz CT molecular complexity index is 773. The minimum atomic E-state index is -3.55. The van der Waals surface area contributed by atoms with Crippen molar-refractivity contribution >= 4 is 27.7 Å². The van der Waals surface area contributed by atoms with Gasteiger partial charge in [-0.1, -0.05) is 12.1 Å². The number of carboxylic acid groups (broad SMARTS) is 1. The highest BCUT2D eigenvalue weighted by atomic mass is 32.2. The first-order chi connectivity index (χ1) is 11.3. The highest BCUT2D eigenvalue weighted by Crippen LogP contribution is 2.22. The smallest absolute Gasteiger partial charge is 0.305 e. The second-order valence-corrected chi connectivity index (χ2v) is 7.05. The normalized spacial score (nSPS) is 16.5. The van der Waals surface area contributed by atoms with Crippen LogP contribution in [0.4, 0.5) is 0 Å². The van der Waals surface area contributed by atoms with Crippen molar-refractivity contribution in [3.05, 3.63) is 29.8 Å². The number of amidine groups is 1. The minimum Gasteiger partial charge on any atom is -0.481 e. The van der Waals surface area contributed by atoms with E-state index in [0.29, 0.717) is 18.5 Å². The summed E-state index contributed by atoms with van der Waals surface area (Å²) >= 11 is 0. The number of hydrogen-bond donors (Lipinski definition) is 2. The van der Waals surface area contributed by atoms with Crippen LogP contribution in [0.15, 0.2) is 34.2 Å². The maximum atomic E-state index is 11.9. The van der Waals surface area contributed by atoms with E-state index in [1.54, 1.807) is 25.2 Å². The largest absolute Gasteiger partial charge is 0.481 e. The molecule has 1 amide bonds. The third-order valence-electron chi connectivity index (χ3n) is 3.57. The summed E-state index contributed by atoms with van der Waals surface area (Å²) in [6, 6.07) is 6.57. The average Bonchev–Trinajstić information content (AvgIpc) is 2.80. The van der Waals surface area contributed by atoms with E-state index in [4.69, 9.17) is 5.11 Å². The number of benzene rings is 1. The van der Waals surface area contributed by atoms with Crippen molar-refractivity contribution in [2.24, 2.45) is 4.99 Å². The van der Waals surface area contributed by atoms with Gasteiger partial charge in [0.2, 0.25) is 5.91 Å². The zero-order valence-corrected chi connectivity index (χ0v) is 14.0. The van der Waals surface area contributed by atoms with Crippen LogP contribution < -0.4 is 4.72 Å². The van der Waals surface area contributed by atoms with E-state index in [2.05, 4.69) is 9.71 Å². The van der Waals surface area contributed by atoms with E-state index in [-0.39, 0.29) is 36.0 Å². The Labute approximate surface area is 140 Å². The standard InChI is InChI=1S/C15H19N3O5S/c1-18(10-8-14(20)21)13(19)7-4-9-16-15-11-5-2-3-6-12(11)24(22,23)17-15/h2-3,5-6H,4,7-10H2,1H3,(H,16,17)(H,20,21). The molecule has 0 saturated carbocycles. The van der Waals surface area contributed by atoms with E-state index < -0.39 is 16.0 Å². The van der Waals surface area contributed by atoms with Gasteiger partial charge in [0.25, 0.3) is 10.0 Å². The second kappa shape index (κ2) is 7.43. The van der Waals surface area contributed by atoms with Crippen LogP contribution in [0.2, 0.25) is 0 Å². The van der Waals surface area contributed by atoms with Gasteiger partial charge >= 0.3 is 5.97 Å². The lowest BCUT2D eigenvalue weighted by Crippen LogP contribution is -2.29. The number of sulfonamides is 1. The number of rotatable bonds is 7. The fourth-order valence-electron chi connectivity index (χ4n) is 2.25. The molecule has 0 aliphatic carbocycles. The van der Waals surface area contributed by atoms with Crippen molar-refractivity contribution < 1.29 is 23.1 Å². The van der Waals surface area contributed by atoms with Gasteiger partial charge in [-0.2, -0.15) is 0 Å². The van der Waals surface area contributed by atoms with Gasteiger partial charge in [0, 0.05) is 32.1 Å². The van der Waals surface area contributed by atoms with E-state index in [0.717, 1.165) is 0 Å². The Balaban J connectivity index is 1.87. The molecule has 24 heavy (non-hydrogen) atoms. The highest BCUT2D eigenvalue weighted by Gasteiger charge is 2.29. The van der Waals surface area contributed by atoms with Gasteiger partial charge in [-0.3, -0.25) is 19.3 Å². The Morgan fingerprint density at radius 1 is 1.25 bits per heavy atom. The van der Waals surface area contributed by atoms with Crippen LogP contribution in [0.25, 0.3) is 0 Å². The molecule has 8 nitrogen and oxygen atoms in total. The van der Waals surface area contributed by atoms with Gasteiger partial charge in [0.05, 0.1) is 11.3 Å². The maximum Gasteiger partial charge on any atom is 0.305 e. The SMILES string of the molecule is CN(CCC(=O)O)C(=O)CCCN=C1NS(=O)(=O)c2ccccc21. The molecular weight excluding hydrogens is 334 g/mol. The molecule has 0 fully saturated rings. The van der Waals surface area contributed by atoms with Crippen LogP contribution >= 0.6 is 0 Å². The molecule has 1 aromatic carbocycles. The predicted octanol–water partition coefficient (Wildman–Crippen LogP) is 0.438. The third-order valence-corrected chi connectivity index (χ3v) is 4.97. The number of nitrogens with one attached hydrogen (secondary N) is 1. The average molecular weight is 353 g/mol. The van der Waals surface area contributed by atoms with E-state index in [1.807, 2.05) is 0 Å². The monoisotopic (exact) mass is 353 g/mol. The lowest BCUT2D eigenvalue weighted by molar-refractivity contribution is -0.138. The van der Waals surface area contributed by atoms with Crippen LogP contribution in [-0.4, -0.2) is 56.3 Å². The van der Waals surface area contributed by atoms with Gasteiger partial charge in [-0.05, 0) is 18.6 Å². The Morgan fingerprint density at radius 3 is 2.67 bits per heavy atom. The van der Waals surface area contributed by atoms with Gasteiger partial charge in [-0.15, -0.1) is 0 Å².